The molecule has 0 bridgehead atoms. The molecule has 0 aromatic heterocycles. The van der Waals surface area contributed by atoms with Gasteiger partial charge in [-0.2, -0.15) is 0 Å². The summed E-state index contributed by atoms with van der Waals surface area (Å²) in [7, 11) is 0. The fraction of sp³-hybridized carbons (Fsp3) is 0.672. The van der Waals surface area contributed by atoms with Crippen molar-refractivity contribution in [1.29, 1.82) is 0 Å². The van der Waals surface area contributed by atoms with Gasteiger partial charge in [-0.1, -0.05) is 201 Å². The van der Waals surface area contributed by atoms with E-state index in [4.69, 9.17) is 14.2 Å². The molecule has 0 aromatic carbocycles. The molecule has 0 aliphatic heterocycles. The molecule has 6 nitrogen and oxygen atoms in total. The van der Waals surface area contributed by atoms with Crippen LogP contribution < -0.4 is 0 Å². The summed E-state index contributed by atoms with van der Waals surface area (Å²) in [6.07, 6.45) is 68.3. The van der Waals surface area contributed by atoms with E-state index in [0.29, 0.717) is 19.3 Å². The molecule has 0 rings (SSSR count). The molecule has 0 N–H and O–H groups in total. The van der Waals surface area contributed by atoms with Gasteiger partial charge in [0.25, 0.3) is 0 Å². The van der Waals surface area contributed by atoms with Gasteiger partial charge in [0.05, 0.1) is 0 Å². The van der Waals surface area contributed by atoms with E-state index in [0.717, 1.165) is 116 Å². The fourth-order valence-electron chi connectivity index (χ4n) is 6.92. The van der Waals surface area contributed by atoms with E-state index in [-0.39, 0.29) is 37.5 Å². The molecule has 0 aliphatic rings. The number of carbonyl (C=O) groups is 3. The third-order valence-electron chi connectivity index (χ3n) is 10.8. The van der Waals surface area contributed by atoms with Crippen molar-refractivity contribution in [3.63, 3.8) is 0 Å². The minimum atomic E-state index is -0.808. The Hall–Kier alpha value is -3.67. The van der Waals surface area contributed by atoms with Crippen molar-refractivity contribution < 1.29 is 28.6 Å². The Labute approximate surface area is 394 Å². The highest BCUT2D eigenvalue weighted by atomic mass is 16.6. The molecule has 0 aromatic rings. The van der Waals surface area contributed by atoms with Gasteiger partial charge in [-0.25, -0.2) is 0 Å². The molecule has 0 amide bonds. The average molecular weight is 889 g/mol. The van der Waals surface area contributed by atoms with Crippen molar-refractivity contribution in [2.24, 2.45) is 0 Å². The number of unbranched alkanes of at least 4 members (excludes halogenated alkanes) is 19. The fourth-order valence-corrected chi connectivity index (χ4v) is 6.92. The standard InChI is InChI=1S/C58H96O6/c1-4-7-10-13-16-19-22-24-26-28-29-30-32-33-36-39-42-45-48-51-57(60)63-54-55(53-62-56(59)50-47-44-41-38-35-21-18-15-12-9-6-3)64-58(61)52-49-46-43-40-37-34-31-27-25-23-20-17-14-11-8-5-2/h7,9-10,12,16,18-19,21,24,26-27,29-31,38,41,55H,4-6,8,11,13-15,17,20,22-23,25,28,32-37,39-40,42-54H2,1-3H3/b10-7-,12-9-,19-16-,21-18-,26-24-,30-29-,31-27-,41-38-. The van der Waals surface area contributed by atoms with E-state index in [9.17, 15) is 14.4 Å². The molecule has 0 radical (unpaired) electrons. The van der Waals surface area contributed by atoms with Crippen molar-refractivity contribution in [2.75, 3.05) is 13.2 Å². The number of hydrogen-bond acceptors (Lipinski definition) is 6. The summed E-state index contributed by atoms with van der Waals surface area (Å²) < 4.78 is 16.7. The maximum absolute atomic E-state index is 12.8. The van der Waals surface area contributed by atoms with Gasteiger partial charge in [-0.15, -0.1) is 0 Å². The molecular formula is C58H96O6. The molecule has 0 spiro atoms. The summed E-state index contributed by atoms with van der Waals surface area (Å²) in [6.45, 7) is 6.33. The summed E-state index contributed by atoms with van der Waals surface area (Å²) in [5.74, 6) is -0.985. The molecule has 1 atom stereocenters. The molecule has 0 saturated heterocycles. The average Bonchev–Trinajstić information content (AvgIpc) is 3.29. The van der Waals surface area contributed by atoms with Crippen LogP contribution in [0.25, 0.3) is 0 Å². The molecule has 0 saturated carbocycles. The topological polar surface area (TPSA) is 78.9 Å². The Morgan fingerprint density at radius 2 is 0.625 bits per heavy atom. The lowest BCUT2D eigenvalue weighted by Gasteiger charge is -2.18. The third-order valence-corrected chi connectivity index (χ3v) is 10.8. The second-order valence-corrected chi connectivity index (χ2v) is 17.0. The minimum Gasteiger partial charge on any atom is -0.462 e. The lowest BCUT2D eigenvalue weighted by Crippen LogP contribution is -2.30. The highest BCUT2D eigenvalue weighted by molar-refractivity contribution is 5.71. The predicted octanol–water partition coefficient (Wildman–Crippen LogP) is 17.4. The SMILES string of the molecule is CC/C=C\C/C=C\C/C=C\C/C=C\CCCCCCCCC(=O)OCC(COC(=O)CCC/C=C\C/C=C\C/C=C\CC)OC(=O)CCCCCCC/C=C\CCCCCCCCC. The first kappa shape index (κ1) is 60.3. The Morgan fingerprint density at radius 1 is 0.328 bits per heavy atom. The normalized spacial score (nSPS) is 12.9. The number of carbonyl (C=O) groups excluding carboxylic acids is 3. The molecular weight excluding hydrogens is 793 g/mol. The van der Waals surface area contributed by atoms with Crippen LogP contribution in [0.15, 0.2) is 97.2 Å². The lowest BCUT2D eigenvalue weighted by molar-refractivity contribution is -0.167. The van der Waals surface area contributed by atoms with Crippen molar-refractivity contribution in [3.8, 4) is 0 Å². The maximum atomic E-state index is 12.8. The summed E-state index contributed by atoms with van der Waals surface area (Å²) in [5, 5.41) is 0. The Balaban J connectivity index is 4.44. The van der Waals surface area contributed by atoms with Crippen LogP contribution in [0.2, 0.25) is 0 Å². The zero-order valence-corrected chi connectivity index (χ0v) is 41.5. The van der Waals surface area contributed by atoms with Crippen LogP contribution in [0.4, 0.5) is 0 Å². The van der Waals surface area contributed by atoms with Crippen LogP contribution in [-0.2, 0) is 28.6 Å². The summed E-state index contributed by atoms with van der Waals surface area (Å²) in [6, 6.07) is 0. The van der Waals surface area contributed by atoms with Gasteiger partial charge < -0.3 is 14.2 Å². The molecule has 0 aliphatic carbocycles. The van der Waals surface area contributed by atoms with E-state index < -0.39 is 6.10 Å². The Morgan fingerprint density at radius 3 is 1.03 bits per heavy atom. The summed E-state index contributed by atoms with van der Waals surface area (Å²) in [4.78, 5) is 38.0. The molecule has 1 unspecified atom stereocenters. The van der Waals surface area contributed by atoms with Crippen molar-refractivity contribution in [2.45, 2.75) is 239 Å². The van der Waals surface area contributed by atoms with Crippen molar-refractivity contribution in [3.05, 3.63) is 97.2 Å². The van der Waals surface area contributed by atoms with E-state index in [1.807, 2.05) is 0 Å². The predicted molar refractivity (Wildman–Crippen MR) is 274 cm³/mol. The van der Waals surface area contributed by atoms with Crippen LogP contribution in [0, 0.1) is 0 Å². The zero-order chi connectivity index (χ0) is 46.5. The zero-order valence-electron chi connectivity index (χ0n) is 41.5. The first-order chi connectivity index (χ1) is 31.5. The number of esters is 3. The van der Waals surface area contributed by atoms with Crippen LogP contribution in [0.1, 0.15) is 233 Å². The lowest BCUT2D eigenvalue weighted by atomic mass is 10.1. The maximum Gasteiger partial charge on any atom is 0.306 e. The van der Waals surface area contributed by atoms with Gasteiger partial charge in [0.2, 0.25) is 0 Å². The van der Waals surface area contributed by atoms with E-state index in [1.165, 1.54) is 70.6 Å². The van der Waals surface area contributed by atoms with Gasteiger partial charge in [0, 0.05) is 19.3 Å². The van der Waals surface area contributed by atoms with Crippen LogP contribution >= 0.6 is 0 Å². The van der Waals surface area contributed by atoms with Crippen LogP contribution in [0.3, 0.4) is 0 Å². The summed E-state index contributed by atoms with van der Waals surface area (Å²) >= 11 is 0. The Kier molecular flexibility index (Phi) is 49.0. The number of ether oxygens (including phenoxy) is 3. The number of hydrogen-bond donors (Lipinski definition) is 0. The number of allylic oxidation sites excluding steroid dienone is 16. The van der Waals surface area contributed by atoms with Crippen molar-refractivity contribution >= 4 is 17.9 Å². The van der Waals surface area contributed by atoms with Gasteiger partial charge in [-0.3, -0.25) is 14.4 Å². The van der Waals surface area contributed by atoms with Gasteiger partial charge in [0.15, 0.2) is 6.10 Å². The second-order valence-electron chi connectivity index (χ2n) is 17.0. The Bertz CT molecular complexity index is 1300. The highest BCUT2D eigenvalue weighted by Gasteiger charge is 2.19. The van der Waals surface area contributed by atoms with E-state index >= 15 is 0 Å². The quantitative estimate of drug-likeness (QED) is 0.0262. The molecule has 6 heteroatoms. The van der Waals surface area contributed by atoms with E-state index in [1.54, 1.807) is 0 Å². The van der Waals surface area contributed by atoms with Gasteiger partial charge in [0.1, 0.15) is 13.2 Å². The van der Waals surface area contributed by atoms with Crippen LogP contribution in [0.5, 0.6) is 0 Å². The van der Waals surface area contributed by atoms with Crippen LogP contribution in [-0.4, -0.2) is 37.2 Å². The first-order valence-electron chi connectivity index (χ1n) is 26.2. The van der Waals surface area contributed by atoms with Crippen molar-refractivity contribution in [1.82, 2.24) is 0 Å². The minimum absolute atomic E-state index is 0.105. The smallest absolute Gasteiger partial charge is 0.306 e. The van der Waals surface area contributed by atoms with Gasteiger partial charge in [-0.05, 0) is 109 Å². The molecule has 0 heterocycles. The largest absolute Gasteiger partial charge is 0.462 e. The molecule has 364 valence electrons. The van der Waals surface area contributed by atoms with E-state index in [2.05, 4.69) is 118 Å². The summed E-state index contributed by atoms with van der Waals surface area (Å²) in [5.41, 5.74) is 0. The van der Waals surface area contributed by atoms with Gasteiger partial charge >= 0.3 is 17.9 Å². The molecule has 64 heavy (non-hydrogen) atoms. The number of rotatable bonds is 46. The first-order valence-corrected chi connectivity index (χ1v) is 26.2. The second kappa shape index (κ2) is 52.0. The monoisotopic (exact) mass is 889 g/mol. The highest BCUT2D eigenvalue weighted by Crippen LogP contribution is 2.13. The third kappa shape index (κ3) is 49.3. The molecule has 0 fully saturated rings.